The van der Waals surface area contributed by atoms with Crippen molar-refractivity contribution in [3.8, 4) is 0 Å². The second-order valence-electron chi connectivity index (χ2n) is 8.31. The van der Waals surface area contributed by atoms with Crippen LogP contribution < -0.4 is 0 Å². The fourth-order valence-electron chi connectivity index (χ4n) is 4.22. The molecule has 3 aromatic carbocycles. The Hall–Kier alpha value is -2.88. The Morgan fingerprint density at radius 3 is 2.47 bits per heavy atom. The Morgan fingerprint density at radius 1 is 0.969 bits per heavy atom. The molecule has 164 valence electrons. The Morgan fingerprint density at radius 2 is 1.72 bits per heavy atom. The van der Waals surface area contributed by atoms with Gasteiger partial charge in [-0.3, -0.25) is 0 Å². The van der Waals surface area contributed by atoms with Crippen molar-refractivity contribution in [2.24, 2.45) is 0 Å². The average Bonchev–Trinajstić information content (AvgIpc) is 2.81. The van der Waals surface area contributed by atoms with E-state index in [0.717, 1.165) is 49.5 Å². The van der Waals surface area contributed by atoms with Crippen LogP contribution in [0.1, 0.15) is 56.9 Å². The monoisotopic (exact) mass is 446 g/mol. The Bertz CT molecular complexity index is 1100. The first-order chi connectivity index (χ1) is 15.6. The predicted octanol–water partition coefficient (Wildman–Crippen LogP) is 6.78. The highest BCUT2D eigenvalue weighted by atomic mass is 35.5. The van der Waals surface area contributed by atoms with Gasteiger partial charge >= 0.3 is 5.97 Å². The van der Waals surface area contributed by atoms with Gasteiger partial charge in [0.25, 0.3) is 0 Å². The van der Waals surface area contributed by atoms with E-state index in [-0.39, 0.29) is 0 Å². The molecule has 1 saturated heterocycles. The molecule has 1 N–H and O–H groups in total. The summed E-state index contributed by atoms with van der Waals surface area (Å²) in [5, 5.41) is 9.95. The molecule has 0 bridgehead atoms. The molecule has 3 aromatic rings. The number of carboxylic acids is 1. The standard InChI is InChI=1S/C28H27ClO3/c29-27-9-7-21(8-10-27)15-23-16-22(18-26(19-23)24-11-13-32-14-12-24)5-1-3-20-4-2-6-25(17-20)28(30)31/h1-4,6-10,16-19,24H,5,11-15H2,(H,30,31)/b3-1-. The van der Waals surface area contributed by atoms with E-state index in [1.54, 1.807) is 18.2 Å². The molecule has 0 radical (unpaired) electrons. The molecule has 32 heavy (non-hydrogen) atoms. The minimum Gasteiger partial charge on any atom is -0.478 e. The van der Waals surface area contributed by atoms with Gasteiger partial charge in [-0.25, -0.2) is 4.79 Å². The van der Waals surface area contributed by atoms with Crippen LogP contribution in [0.25, 0.3) is 6.08 Å². The van der Waals surface area contributed by atoms with Crippen LogP contribution in [0.4, 0.5) is 0 Å². The largest absolute Gasteiger partial charge is 0.478 e. The number of benzene rings is 3. The molecule has 1 heterocycles. The molecule has 0 saturated carbocycles. The lowest BCUT2D eigenvalue weighted by molar-refractivity contribution is 0.0697. The zero-order chi connectivity index (χ0) is 22.3. The highest BCUT2D eigenvalue weighted by molar-refractivity contribution is 6.30. The van der Waals surface area contributed by atoms with Crippen molar-refractivity contribution < 1.29 is 14.6 Å². The van der Waals surface area contributed by atoms with Gasteiger partial charge in [-0.15, -0.1) is 0 Å². The molecule has 0 aromatic heterocycles. The lowest BCUT2D eigenvalue weighted by atomic mass is 9.88. The second kappa shape index (κ2) is 10.6. The maximum Gasteiger partial charge on any atom is 0.335 e. The van der Waals surface area contributed by atoms with Gasteiger partial charge in [-0.1, -0.05) is 66.2 Å². The number of hydrogen-bond donors (Lipinski definition) is 1. The summed E-state index contributed by atoms with van der Waals surface area (Å²) in [6.07, 6.45) is 7.87. The van der Waals surface area contributed by atoms with Crippen molar-refractivity contribution in [2.75, 3.05) is 13.2 Å². The normalized spacial score (nSPS) is 14.7. The van der Waals surface area contributed by atoms with Gasteiger partial charge in [0, 0.05) is 18.2 Å². The number of allylic oxidation sites excluding steroid dienone is 1. The first-order valence-electron chi connectivity index (χ1n) is 11.0. The molecule has 0 aliphatic carbocycles. The van der Waals surface area contributed by atoms with Crippen molar-refractivity contribution >= 4 is 23.6 Å². The molecule has 4 heteroatoms. The predicted molar refractivity (Wildman–Crippen MR) is 130 cm³/mol. The van der Waals surface area contributed by atoms with E-state index in [9.17, 15) is 9.90 Å². The molecular weight excluding hydrogens is 420 g/mol. The maximum absolute atomic E-state index is 11.2. The lowest BCUT2D eigenvalue weighted by Gasteiger charge is -2.23. The van der Waals surface area contributed by atoms with Gasteiger partial charge in [0.15, 0.2) is 0 Å². The van der Waals surface area contributed by atoms with Crippen molar-refractivity contribution in [1.29, 1.82) is 0 Å². The minimum atomic E-state index is -0.906. The number of ether oxygens (including phenoxy) is 1. The molecule has 0 atom stereocenters. The number of halogens is 1. The van der Waals surface area contributed by atoms with Crippen molar-refractivity contribution in [3.05, 3.63) is 111 Å². The van der Waals surface area contributed by atoms with E-state index in [4.69, 9.17) is 16.3 Å². The zero-order valence-corrected chi connectivity index (χ0v) is 18.7. The Balaban J connectivity index is 1.56. The van der Waals surface area contributed by atoms with Gasteiger partial charge in [0.2, 0.25) is 0 Å². The summed E-state index contributed by atoms with van der Waals surface area (Å²) in [7, 11) is 0. The number of carbonyl (C=O) groups is 1. The molecule has 3 nitrogen and oxygen atoms in total. The number of rotatable bonds is 7. The van der Waals surface area contributed by atoms with Gasteiger partial charge in [0.1, 0.15) is 0 Å². The Kier molecular flexibility index (Phi) is 7.41. The quantitative estimate of drug-likeness (QED) is 0.435. The molecular formula is C28H27ClO3. The molecule has 0 amide bonds. The lowest BCUT2D eigenvalue weighted by Crippen LogP contribution is -2.14. The SMILES string of the molecule is O=C(O)c1cccc(/C=C\Cc2cc(Cc3ccc(Cl)cc3)cc(C3CCOCC3)c2)c1. The number of aromatic carboxylic acids is 1. The fourth-order valence-corrected chi connectivity index (χ4v) is 4.35. The van der Waals surface area contributed by atoms with E-state index in [1.165, 1.54) is 22.3 Å². The molecule has 1 aliphatic rings. The molecule has 4 rings (SSSR count). The molecule has 0 unspecified atom stereocenters. The summed E-state index contributed by atoms with van der Waals surface area (Å²) in [6, 6.07) is 22.0. The third kappa shape index (κ3) is 6.09. The highest BCUT2D eigenvalue weighted by Crippen LogP contribution is 2.29. The average molecular weight is 447 g/mol. The summed E-state index contributed by atoms with van der Waals surface area (Å²) in [6.45, 7) is 1.64. The number of carboxylic acid groups (broad SMARTS) is 1. The van der Waals surface area contributed by atoms with Gasteiger partial charge in [-0.05, 0) is 83.7 Å². The van der Waals surface area contributed by atoms with E-state index in [2.05, 4.69) is 36.4 Å². The van der Waals surface area contributed by atoms with Crippen LogP contribution in [-0.4, -0.2) is 24.3 Å². The second-order valence-corrected chi connectivity index (χ2v) is 8.75. The van der Waals surface area contributed by atoms with Crippen LogP contribution >= 0.6 is 11.6 Å². The fraction of sp³-hybridized carbons (Fsp3) is 0.250. The van der Waals surface area contributed by atoms with Gasteiger partial charge < -0.3 is 9.84 Å². The summed E-state index contributed by atoms with van der Waals surface area (Å²) in [5.41, 5.74) is 6.39. The van der Waals surface area contributed by atoms with Crippen LogP contribution in [0.15, 0.2) is 72.8 Å². The molecule has 1 aliphatic heterocycles. The first-order valence-corrected chi connectivity index (χ1v) is 11.4. The first kappa shape index (κ1) is 22.3. The van der Waals surface area contributed by atoms with Crippen LogP contribution in [-0.2, 0) is 17.6 Å². The topological polar surface area (TPSA) is 46.5 Å². The third-order valence-corrected chi connectivity index (χ3v) is 6.14. The molecule has 1 fully saturated rings. The summed E-state index contributed by atoms with van der Waals surface area (Å²) in [5.74, 6) is -0.375. The molecule has 0 spiro atoms. The van der Waals surface area contributed by atoms with Crippen LogP contribution in [0, 0.1) is 0 Å². The van der Waals surface area contributed by atoms with Crippen LogP contribution in [0.2, 0.25) is 5.02 Å². The van der Waals surface area contributed by atoms with E-state index >= 15 is 0 Å². The van der Waals surface area contributed by atoms with Crippen molar-refractivity contribution in [1.82, 2.24) is 0 Å². The van der Waals surface area contributed by atoms with E-state index < -0.39 is 5.97 Å². The highest BCUT2D eigenvalue weighted by Gasteiger charge is 2.17. The van der Waals surface area contributed by atoms with E-state index in [1.807, 2.05) is 24.3 Å². The smallest absolute Gasteiger partial charge is 0.335 e. The van der Waals surface area contributed by atoms with Crippen LogP contribution in [0.5, 0.6) is 0 Å². The van der Waals surface area contributed by atoms with E-state index in [0.29, 0.717) is 11.5 Å². The summed E-state index contributed by atoms with van der Waals surface area (Å²) in [4.78, 5) is 11.2. The van der Waals surface area contributed by atoms with Gasteiger partial charge in [0.05, 0.1) is 5.56 Å². The number of hydrogen-bond acceptors (Lipinski definition) is 2. The van der Waals surface area contributed by atoms with Crippen molar-refractivity contribution in [3.63, 3.8) is 0 Å². The maximum atomic E-state index is 11.2. The van der Waals surface area contributed by atoms with Crippen LogP contribution in [0.3, 0.4) is 0 Å². The minimum absolute atomic E-state index is 0.305. The van der Waals surface area contributed by atoms with Gasteiger partial charge in [-0.2, -0.15) is 0 Å². The third-order valence-electron chi connectivity index (χ3n) is 5.89. The Labute approximate surface area is 194 Å². The summed E-state index contributed by atoms with van der Waals surface area (Å²) < 4.78 is 5.56. The van der Waals surface area contributed by atoms with Crippen molar-refractivity contribution in [2.45, 2.75) is 31.6 Å². The zero-order valence-electron chi connectivity index (χ0n) is 18.0. The summed E-state index contributed by atoms with van der Waals surface area (Å²) >= 11 is 6.05.